The fourth-order valence-corrected chi connectivity index (χ4v) is 3.39. The van der Waals surface area contributed by atoms with Gasteiger partial charge in [-0.25, -0.2) is 13.1 Å². The maximum absolute atomic E-state index is 12.0. The van der Waals surface area contributed by atoms with Crippen LogP contribution in [0, 0.1) is 6.92 Å². The fourth-order valence-electron chi connectivity index (χ4n) is 1.95. The summed E-state index contributed by atoms with van der Waals surface area (Å²) in [7, 11) is -3.52. The molecule has 2 N–H and O–H groups in total. The van der Waals surface area contributed by atoms with E-state index >= 15 is 0 Å². The molecule has 6 nitrogen and oxygen atoms in total. The zero-order valence-corrected chi connectivity index (χ0v) is 10.4. The molecule has 0 unspecified atom stereocenters. The van der Waals surface area contributed by atoms with E-state index in [1.807, 2.05) is 0 Å². The molecule has 0 spiro atoms. The molecule has 2 rings (SSSR count). The number of hydrogen-bond donors (Lipinski definition) is 2. The van der Waals surface area contributed by atoms with E-state index in [0.29, 0.717) is 31.4 Å². The van der Waals surface area contributed by atoms with Gasteiger partial charge in [-0.1, -0.05) is 0 Å². The number of aromatic nitrogens is 2. The minimum absolute atomic E-state index is 0.146. The molecule has 1 saturated carbocycles. The summed E-state index contributed by atoms with van der Waals surface area (Å²) in [6, 6.07) is -0.146. The number of nitrogens with one attached hydrogen (secondary N) is 2. The second-order valence-corrected chi connectivity index (χ2v) is 5.98. The first-order valence-electron chi connectivity index (χ1n) is 5.53. The van der Waals surface area contributed by atoms with Crippen molar-refractivity contribution in [3.8, 4) is 0 Å². The third-order valence-electron chi connectivity index (χ3n) is 2.94. The molecular formula is C10H15N3O3S. The molecule has 7 heteroatoms. The molecule has 1 aromatic heterocycles. The molecule has 17 heavy (non-hydrogen) atoms. The minimum atomic E-state index is -3.52. The Labute approximate surface area is 99.8 Å². The molecule has 0 amide bonds. The van der Waals surface area contributed by atoms with Crippen LogP contribution in [0.25, 0.3) is 0 Å². The van der Waals surface area contributed by atoms with Crippen molar-refractivity contribution < 1.29 is 13.2 Å². The van der Waals surface area contributed by atoms with Crippen LogP contribution in [0.1, 0.15) is 31.4 Å². The molecule has 1 aliphatic rings. The molecule has 1 heterocycles. The van der Waals surface area contributed by atoms with Gasteiger partial charge >= 0.3 is 0 Å². The molecule has 1 aromatic rings. The van der Waals surface area contributed by atoms with Crippen LogP contribution in [0.2, 0.25) is 0 Å². The predicted molar refractivity (Wildman–Crippen MR) is 60.9 cm³/mol. The number of aryl methyl sites for hydroxylation is 1. The normalized spacial score (nSPS) is 18.5. The van der Waals surface area contributed by atoms with E-state index < -0.39 is 10.0 Å². The first-order chi connectivity index (χ1) is 7.99. The summed E-state index contributed by atoms with van der Waals surface area (Å²) >= 11 is 0. The van der Waals surface area contributed by atoms with Crippen molar-refractivity contribution in [2.75, 3.05) is 0 Å². The quantitative estimate of drug-likeness (QED) is 0.825. The van der Waals surface area contributed by atoms with Crippen molar-refractivity contribution in [1.29, 1.82) is 0 Å². The number of hydrogen-bond acceptors (Lipinski definition) is 4. The fraction of sp³-hybridized carbons (Fsp3) is 0.600. The highest BCUT2D eigenvalue weighted by Gasteiger charge is 2.26. The van der Waals surface area contributed by atoms with E-state index in [1.54, 1.807) is 6.92 Å². The monoisotopic (exact) mass is 257 g/mol. The summed E-state index contributed by atoms with van der Waals surface area (Å²) in [5, 5.41) is 6.29. The molecule has 0 atom stereocenters. The smallest absolute Gasteiger partial charge is 0.244 e. The van der Waals surface area contributed by atoms with Crippen LogP contribution in [0.5, 0.6) is 0 Å². The maximum Gasteiger partial charge on any atom is 0.244 e. The van der Waals surface area contributed by atoms with E-state index in [4.69, 9.17) is 0 Å². The van der Waals surface area contributed by atoms with Crippen LogP contribution in [0.3, 0.4) is 0 Å². The summed E-state index contributed by atoms with van der Waals surface area (Å²) in [6.45, 7) is 1.66. The lowest BCUT2D eigenvalue weighted by Gasteiger charge is -2.21. The summed E-state index contributed by atoms with van der Waals surface area (Å²) in [4.78, 5) is 11.2. The van der Waals surface area contributed by atoms with Crippen LogP contribution in [-0.4, -0.2) is 30.4 Å². The van der Waals surface area contributed by atoms with Gasteiger partial charge in [-0.3, -0.25) is 9.89 Å². The zero-order valence-electron chi connectivity index (χ0n) is 9.56. The number of H-pyrrole nitrogens is 1. The number of aromatic amines is 1. The Morgan fingerprint density at radius 3 is 2.59 bits per heavy atom. The van der Waals surface area contributed by atoms with Crippen molar-refractivity contribution in [2.45, 2.75) is 43.5 Å². The number of rotatable bonds is 3. The lowest BCUT2D eigenvalue weighted by Crippen LogP contribution is -2.37. The second kappa shape index (κ2) is 4.58. The third-order valence-corrected chi connectivity index (χ3v) is 4.57. The Morgan fingerprint density at radius 2 is 2.06 bits per heavy atom. The largest absolute Gasteiger partial charge is 0.300 e. The van der Waals surface area contributed by atoms with Crippen molar-refractivity contribution >= 4 is 15.8 Å². The Bertz CT molecular complexity index is 511. The molecule has 0 aromatic carbocycles. The highest BCUT2D eigenvalue weighted by atomic mass is 32.2. The summed E-state index contributed by atoms with van der Waals surface area (Å²) in [6.07, 6.45) is 3.37. The average Bonchev–Trinajstić information content (AvgIpc) is 2.68. The van der Waals surface area contributed by atoms with Crippen molar-refractivity contribution in [2.24, 2.45) is 0 Å². The van der Waals surface area contributed by atoms with Gasteiger partial charge in [-0.2, -0.15) is 5.10 Å². The topological polar surface area (TPSA) is 91.9 Å². The lowest BCUT2D eigenvalue weighted by molar-refractivity contribution is -0.120. The highest BCUT2D eigenvalue weighted by Crippen LogP contribution is 2.18. The first-order valence-corrected chi connectivity index (χ1v) is 7.01. The van der Waals surface area contributed by atoms with Gasteiger partial charge in [0.25, 0.3) is 0 Å². The van der Waals surface area contributed by atoms with Crippen molar-refractivity contribution in [3.05, 3.63) is 11.9 Å². The molecule has 94 valence electrons. The Morgan fingerprint density at radius 1 is 1.41 bits per heavy atom. The van der Waals surface area contributed by atoms with Gasteiger partial charge < -0.3 is 0 Å². The first kappa shape index (κ1) is 12.3. The van der Waals surface area contributed by atoms with Gasteiger partial charge in [0.2, 0.25) is 10.0 Å². The predicted octanol–water partition coefficient (Wildman–Crippen LogP) is 0.508. The molecule has 1 aliphatic carbocycles. The number of carbonyl (C=O) groups is 1. The number of nitrogens with zero attached hydrogens (tertiary/aromatic N) is 1. The van der Waals surface area contributed by atoms with E-state index in [-0.39, 0.29) is 16.7 Å². The Kier molecular flexibility index (Phi) is 3.30. The summed E-state index contributed by atoms with van der Waals surface area (Å²) in [5.41, 5.74) is 0.518. The van der Waals surface area contributed by atoms with Crippen molar-refractivity contribution in [1.82, 2.24) is 14.9 Å². The molecule has 0 aliphatic heterocycles. The van der Waals surface area contributed by atoms with Crippen molar-refractivity contribution in [3.63, 3.8) is 0 Å². The Balaban J connectivity index is 2.08. The van der Waals surface area contributed by atoms with E-state index in [0.717, 1.165) is 0 Å². The highest BCUT2D eigenvalue weighted by molar-refractivity contribution is 7.89. The van der Waals surface area contributed by atoms with Gasteiger partial charge in [-0.15, -0.1) is 0 Å². The molecular weight excluding hydrogens is 242 g/mol. The minimum Gasteiger partial charge on any atom is -0.300 e. The lowest BCUT2D eigenvalue weighted by atomic mass is 9.95. The Hall–Kier alpha value is -1.21. The van der Waals surface area contributed by atoms with Crippen LogP contribution in [0.4, 0.5) is 0 Å². The average molecular weight is 257 g/mol. The zero-order chi connectivity index (χ0) is 12.5. The number of ketones is 1. The molecule has 0 saturated heterocycles. The van der Waals surface area contributed by atoms with Gasteiger partial charge in [0.05, 0.1) is 11.9 Å². The maximum atomic E-state index is 12.0. The molecule has 0 bridgehead atoms. The number of Topliss-reactive ketones (excluding diaryl/α,β-unsaturated/α-hetero) is 1. The summed E-state index contributed by atoms with van der Waals surface area (Å²) in [5.74, 6) is 0.208. The SMILES string of the molecule is Cc1[nH]ncc1S(=O)(=O)NC1CCC(=O)CC1. The summed E-state index contributed by atoms with van der Waals surface area (Å²) < 4.78 is 26.6. The van der Waals surface area contributed by atoms with Crippen LogP contribution >= 0.6 is 0 Å². The van der Waals surface area contributed by atoms with Crippen LogP contribution in [0.15, 0.2) is 11.1 Å². The number of sulfonamides is 1. The van der Waals surface area contributed by atoms with Gasteiger partial charge in [0.15, 0.2) is 0 Å². The van der Waals surface area contributed by atoms with Gasteiger partial charge in [0.1, 0.15) is 10.7 Å². The molecule has 1 fully saturated rings. The molecule has 0 radical (unpaired) electrons. The standard InChI is InChI=1S/C10H15N3O3S/c1-7-10(6-11-12-7)17(15,16)13-8-2-4-9(14)5-3-8/h6,8,13H,2-5H2,1H3,(H,11,12). The second-order valence-electron chi connectivity index (χ2n) is 4.29. The third kappa shape index (κ3) is 2.73. The van der Waals surface area contributed by atoms with Gasteiger partial charge in [0, 0.05) is 18.9 Å². The van der Waals surface area contributed by atoms with Gasteiger partial charge in [-0.05, 0) is 19.8 Å². The van der Waals surface area contributed by atoms with Crippen LogP contribution in [-0.2, 0) is 14.8 Å². The van der Waals surface area contributed by atoms with E-state index in [1.165, 1.54) is 6.20 Å². The van der Waals surface area contributed by atoms with Crippen LogP contribution < -0.4 is 4.72 Å². The van der Waals surface area contributed by atoms with E-state index in [2.05, 4.69) is 14.9 Å². The van der Waals surface area contributed by atoms with E-state index in [9.17, 15) is 13.2 Å². The number of carbonyl (C=O) groups excluding carboxylic acids is 1.